The zero-order chi connectivity index (χ0) is 38.8. The number of likely N-dealkylation sites (tertiary alicyclic amines) is 1. The van der Waals surface area contributed by atoms with Crippen molar-refractivity contribution in [3.8, 4) is 11.5 Å². The van der Waals surface area contributed by atoms with Gasteiger partial charge >= 0.3 is 18.2 Å². The van der Waals surface area contributed by atoms with Gasteiger partial charge in [-0.05, 0) is 79.8 Å². The highest BCUT2D eigenvalue weighted by atomic mass is 35.5. The Morgan fingerprint density at radius 2 is 1.53 bits per heavy atom. The number of piperidine rings is 1. The molecule has 1 unspecified atom stereocenters. The summed E-state index contributed by atoms with van der Waals surface area (Å²) in [5, 5.41) is 22.2. The number of rotatable bonds is 10. The maximum absolute atomic E-state index is 14.1. The second kappa shape index (κ2) is 18.3. The molecule has 0 radical (unpaired) electrons. The number of primary amides is 1. The number of esters is 1. The zero-order valence-electron chi connectivity index (χ0n) is 29.3. The standard InChI is InChI=1S/C36H43ClN4O5.C2HF3O2/c1-41(23-26-9-13-28(37)14-10-26)21-5-8-30(24-41)40(33(34(38)43)22-25-11-17-31(42)18-12-25)36(45)39-29-15-19-32(20-16-29)46-35(44)27-6-3-2-4-7-27;3-2(4,5)1(6)7/h9-20,27,30,33H,2-8,21-24H2,1H3,(H3-,38,39,42,43,45);(H,6,7)/t30-,33-,41?;/m0./s1. The first kappa shape index (κ1) is 40.9. The molecular formula is C38H44ClF3N4O7. The number of hydrogen-bond donors (Lipinski definition) is 3. The van der Waals surface area contributed by atoms with Crippen molar-refractivity contribution < 1.29 is 51.8 Å². The second-order valence-corrected chi connectivity index (χ2v) is 14.2. The van der Waals surface area contributed by atoms with Crippen molar-refractivity contribution in [3.63, 3.8) is 0 Å². The number of nitrogens with zero attached hydrogens (tertiary/aromatic N) is 2. The fourth-order valence-electron chi connectivity index (χ4n) is 6.89. The molecule has 1 heterocycles. The molecule has 3 amide bonds. The smallest absolute Gasteiger partial charge is 0.430 e. The van der Waals surface area contributed by atoms with Gasteiger partial charge in [0.2, 0.25) is 5.91 Å². The van der Waals surface area contributed by atoms with Crippen molar-refractivity contribution in [2.45, 2.75) is 76.2 Å². The molecule has 0 bridgehead atoms. The number of anilines is 1. The molecule has 1 aliphatic carbocycles. The molecule has 5 rings (SSSR count). The normalized spacial score (nSPS) is 19.5. The summed E-state index contributed by atoms with van der Waals surface area (Å²) in [4.78, 5) is 50.2. The number of aromatic hydroxyl groups is 1. The lowest BCUT2D eigenvalue weighted by atomic mass is 9.89. The van der Waals surface area contributed by atoms with Crippen molar-refractivity contribution in [1.29, 1.82) is 0 Å². The summed E-state index contributed by atoms with van der Waals surface area (Å²) in [6.07, 6.45) is 1.54. The van der Waals surface area contributed by atoms with E-state index in [4.69, 9.17) is 32.0 Å². The highest BCUT2D eigenvalue weighted by Crippen LogP contribution is 2.29. The second-order valence-electron chi connectivity index (χ2n) is 13.8. The number of carboxylic acid groups (broad SMARTS) is 1. The molecule has 4 N–H and O–H groups in total. The molecule has 11 nitrogen and oxygen atoms in total. The van der Waals surface area contributed by atoms with E-state index < -0.39 is 30.1 Å². The highest BCUT2D eigenvalue weighted by molar-refractivity contribution is 6.30. The predicted molar refractivity (Wildman–Crippen MR) is 189 cm³/mol. The number of carboxylic acids is 1. The molecule has 15 heteroatoms. The van der Waals surface area contributed by atoms with E-state index in [9.17, 15) is 32.7 Å². The van der Waals surface area contributed by atoms with Gasteiger partial charge in [-0.25, -0.2) is 4.79 Å². The Hall–Kier alpha value is -4.82. The first-order valence-electron chi connectivity index (χ1n) is 17.4. The van der Waals surface area contributed by atoms with Crippen LogP contribution in [-0.2, 0) is 27.3 Å². The van der Waals surface area contributed by atoms with E-state index in [0.29, 0.717) is 27.5 Å². The average Bonchev–Trinajstić information content (AvgIpc) is 3.11. The number of halogens is 4. The van der Waals surface area contributed by atoms with Gasteiger partial charge in [0.15, 0.2) is 0 Å². The quantitative estimate of drug-likeness (QED) is 0.138. The summed E-state index contributed by atoms with van der Waals surface area (Å²) < 4.78 is 37.9. The minimum atomic E-state index is -5.19. The number of ether oxygens (including phenoxy) is 1. The molecular weight excluding hydrogens is 717 g/mol. The molecule has 0 spiro atoms. The van der Waals surface area contributed by atoms with Crippen LogP contribution in [-0.4, -0.2) is 76.8 Å². The number of aliphatic carboxylic acids is 1. The molecule has 3 aromatic carbocycles. The molecule has 53 heavy (non-hydrogen) atoms. The number of likely N-dealkylation sites (N-methyl/N-ethyl adjacent to an activating group) is 1. The van der Waals surface area contributed by atoms with E-state index in [1.165, 1.54) is 0 Å². The lowest BCUT2D eigenvalue weighted by Gasteiger charge is -2.46. The highest BCUT2D eigenvalue weighted by Gasteiger charge is 2.41. The zero-order valence-corrected chi connectivity index (χ0v) is 30.1. The van der Waals surface area contributed by atoms with Gasteiger partial charge in [0, 0.05) is 22.7 Å². The van der Waals surface area contributed by atoms with Gasteiger partial charge in [-0.2, -0.15) is 13.2 Å². The van der Waals surface area contributed by atoms with Gasteiger partial charge in [0.05, 0.1) is 32.1 Å². The van der Waals surface area contributed by atoms with Crippen LogP contribution in [0.25, 0.3) is 0 Å². The van der Waals surface area contributed by atoms with E-state index in [0.717, 1.165) is 69.2 Å². The van der Waals surface area contributed by atoms with Crippen molar-refractivity contribution in [3.05, 3.63) is 88.9 Å². The van der Waals surface area contributed by atoms with Crippen LogP contribution in [0.5, 0.6) is 11.5 Å². The summed E-state index contributed by atoms with van der Waals surface area (Å²) in [6.45, 7) is 2.31. The number of benzene rings is 3. The third-order valence-corrected chi connectivity index (χ3v) is 9.77. The maximum atomic E-state index is 14.1. The number of carbonyl (C=O) groups excluding carboxylic acids is 4. The molecule has 286 valence electrons. The van der Waals surface area contributed by atoms with Gasteiger partial charge in [-0.3, -0.25) is 9.59 Å². The Morgan fingerprint density at radius 1 is 0.943 bits per heavy atom. The Balaban J connectivity index is 0.000000815. The number of amides is 3. The lowest BCUT2D eigenvalue weighted by molar-refractivity contribution is -0.928. The lowest BCUT2D eigenvalue weighted by Crippen LogP contribution is -2.62. The third-order valence-electron chi connectivity index (χ3n) is 9.52. The van der Waals surface area contributed by atoms with Crippen LogP contribution in [0, 0.1) is 5.92 Å². The fourth-order valence-corrected chi connectivity index (χ4v) is 7.01. The van der Waals surface area contributed by atoms with Crippen LogP contribution in [0.1, 0.15) is 56.1 Å². The van der Waals surface area contributed by atoms with Crippen molar-refractivity contribution in [1.82, 2.24) is 4.90 Å². The summed E-state index contributed by atoms with van der Waals surface area (Å²) in [5.74, 6) is -3.35. The number of nitrogens with one attached hydrogen (secondary N) is 1. The first-order valence-corrected chi connectivity index (χ1v) is 17.8. The van der Waals surface area contributed by atoms with Crippen LogP contribution in [0.15, 0.2) is 72.8 Å². The van der Waals surface area contributed by atoms with Crippen LogP contribution in [0.4, 0.5) is 23.7 Å². The largest absolute Gasteiger partial charge is 0.542 e. The molecule has 3 aromatic rings. The fraction of sp³-hybridized carbons (Fsp3) is 0.421. The molecule has 2 fully saturated rings. The number of hydrogen-bond acceptors (Lipinski definition) is 7. The number of urea groups is 1. The molecule has 3 atom stereocenters. The van der Waals surface area contributed by atoms with Gasteiger partial charge in [0.25, 0.3) is 0 Å². The summed E-state index contributed by atoms with van der Waals surface area (Å²) in [7, 11) is 2.17. The molecule has 1 saturated carbocycles. The van der Waals surface area contributed by atoms with Crippen LogP contribution >= 0.6 is 11.6 Å². The van der Waals surface area contributed by atoms with Gasteiger partial charge < -0.3 is 40.2 Å². The third kappa shape index (κ3) is 12.4. The van der Waals surface area contributed by atoms with Crippen molar-refractivity contribution in [2.24, 2.45) is 11.7 Å². The molecule has 1 aliphatic heterocycles. The van der Waals surface area contributed by atoms with Crippen LogP contribution in [0.2, 0.25) is 5.02 Å². The predicted octanol–water partition coefficient (Wildman–Crippen LogP) is 5.57. The number of nitrogens with two attached hydrogens (primary N) is 1. The van der Waals surface area contributed by atoms with Gasteiger partial charge in [0.1, 0.15) is 30.1 Å². The van der Waals surface area contributed by atoms with Crippen LogP contribution in [0.3, 0.4) is 0 Å². The summed E-state index contributed by atoms with van der Waals surface area (Å²) >= 11 is 6.12. The SMILES string of the molecule is C[N+]1(Cc2ccc(Cl)cc2)CCC[C@H](N(C(=O)Nc2ccc(OC(=O)C3CCCCC3)cc2)[C@@H](Cc2ccc(O)cc2)C(N)=O)C1.O=C([O-])C(F)(F)F. The molecule has 1 saturated heterocycles. The Labute approximate surface area is 311 Å². The molecule has 0 aromatic heterocycles. The Kier molecular flexibility index (Phi) is 14.1. The number of carbonyl (C=O) groups is 4. The number of phenols is 1. The topological polar surface area (TPSA) is 162 Å². The van der Waals surface area contributed by atoms with E-state index in [2.05, 4.69) is 12.4 Å². The first-order chi connectivity index (χ1) is 25.0. The van der Waals surface area contributed by atoms with E-state index in [1.54, 1.807) is 53.4 Å². The van der Waals surface area contributed by atoms with Gasteiger partial charge in [-0.1, -0.05) is 55.1 Å². The summed E-state index contributed by atoms with van der Waals surface area (Å²) in [5.41, 5.74) is 8.44. The Morgan fingerprint density at radius 3 is 2.09 bits per heavy atom. The number of phenolic OH excluding ortho intramolecular Hbond substituents is 1. The number of alkyl halides is 3. The van der Waals surface area contributed by atoms with E-state index in [1.807, 2.05) is 24.3 Å². The number of quaternary nitrogens is 1. The minimum absolute atomic E-state index is 0.0692. The summed E-state index contributed by atoms with van der Waals surface area (Å²) in [6, 6.07) is 19.5. The van der Waals surface area contributed by atoms with E-state index >= 15 is 0 Å². The van der Waals surface area contributed by atoms with Crippen molar-refractivity contribution >= 4 is 41.2 Å². The average molecular weight is 761 g/mol. The van der Waals surface area contributed by atoms with Crippen LogP contribution < -0.4 is 20.9 Å². The molecule has 2 aliphatic rings. The minimum Gasteiger partial charge on any atom is -0.542 e. The van der Waals surface area contributed by atoms with Crippen molar-refractivity contribution in [2.75, 3.05) is 25.5 Å². The Bertz CT molecular complexity index is 1700. The monoisotopic (exact) mass is 760 g/mol. The van der Waals surface area contributed by atoms with E-state index in [-0.39, 0.29) is 30.1 Å². The maximum Gasteiger partial charge on any atom is 0.430 e. The van der Waals surface area contributed by atoms with Gasteiger partial charge in [-0.15, -0.1) is 0 Å².